The number of hydrogen-bond donors (Lipinski definition) is 1. The molecule has 18 heavy (non-hydrogen) atoms. The van der Waals surface area contributed by atoms with Crippen LogP contribution in [-0.2, 0) is 10.3 Å². The Morgan fingerprint density at radius 1 is 1.50 bits per heavy atom. The van der Waals surface area contributed by atoms with E-state index >= 15 is 0 Å². The van der Waals surface area contributed by atoms with E-state index in [0.717, 1.165) is 19.3 Å². The number of terminal acetylenes is 1. The lowest BCUT2D eigenvalue weighted by molar-refractivity contribution is -0.134. The van der Waals surface area contributed by atoms with Crippen LogP contribution in [0.2, 0.25) is 0 Å². The number of amides is 1. The molecule has 0 aromatic carbocycles. The zero-order valence-electron chi connectivity index (χ0n) is 10.9. The summed E-state index contributed by atoms with van der Waals surface area (Å²) in [6.45, 7) is 2.46. The maximum atomic E-state index is 12.6. The summed E-state index contributed by atoms with van der Waals surface area (Å²) in [5, 5.41) is 2.87. The summed E-state index contributed by atoms with van der Waals surface area (Å²) in [5.41, 5.74) is -0.460. The number of carbonyl (C=O) groups is 1. The first kappa shape index (κ1) is 12.8. The Bertz CT molecular complexity index is 444. The third-order valence-corrected chi connectivity index (χ3v) is 4.07. The normalized spacial score (nSPS) is 27.4. The molecule has 3 heteroatoms. The standard InChI is InChI=1S/C15H20N2O/c1-3-10-16-14(18)15(17-11-6-7-12-17)9-5-4-8-13(15)2/h1,6-7,11-13H,4-5,8-10H2,2H3,(H,16,18). The average molecular weight is 244 g/mol. The van der Waals surface area contributed by atoms with Gasteiger partial charge in [-0.25, -0.2) is 0 Å². The molecule has 1 aliphatic rings. The van der Waals surface area contributed by atoms with Gasteiger partial charge in [0.2, 0.25) is 5.91 Å². The maximum absolute atomic E-state index is 12.6. The van der Waals surface area contributed by atoms with Crippen LogP contribution in [0.4, 0.5) is 0 Å². The number of aromatic nitrogens is 1. The highest BCUT2D eigenvalue weighted by atomic mass is 16.2. The number of rotatable bonds is 3. The Labute approximate surface area is 109 Å². The van der Waals surface area contributed by atoms with Crippen molar-refractivity contribution in [2.24, 2.45) is 5.92 Å². The number of nitrogens with one attached hydrogen (secondary N) is 1. The first-order valence-corrected chi connectivity index (χ1v) is 6.57. The minimum absolute atomic E-state index is 0.0591. The maximum Gasteiger partial charge on any atom is 0.247 e. The van der Waals surface area contributed by atoms with Crippen molar-refractivity contribution in [3.05, 3.63) is 24.5 Å². The lowest BCUT2D eigenvalue weighted by atomic mass is 9.72. The summed E-state index contributed by atoms with van der Waals surface area (Å²) in [6, 6.07) is 3.94. The van der Waals surface area contributed by atoms with E-state index in [1.807, 2.05) is 24.5 Å². The minimum atomic E-state index is -0.460. The fourth-order valence-electron chi connectivity index (χ4n) is 3.05. The Morgan fingerprint density at radius 2 is 2.22 bits per heavy atom. The van der Waals surface area contributed by atoms with Crippen molar-refractivity contribution in [2.45, 2.75) is 38.1 Å². The van der Waals surface area contributed by atoms with Gasteiger partial charge in [-0.3, -0.25) is 4.79 Å². The van der Waals surface area contributed by atoms with Gasteiger partial charge in [0.1, 0.15) is 5.54 Å². The SMILES string of the molecule is C#CCNC(=O)C1(n2cccc2)CCCCC1C. The number of carbonyl (C=O) groups excluding carboxylic acids is 1. The van der Waals surface area contributed by atoms with Crippen LogP contribution in [0, 0.1) is 18.3 Å². The van der Waals surface area contributed by atoms with Crippen LogP contribution in [0.25, 0.3) is 0 Å². The second-order valence-corrected chi connectivity index (χ2v) is 5.05. The molecule has 1 N–H and O–H groups in total. The first-order chi connectivity index (χ1) is 8.71. The highest BCUT2D eigenvalue weighted by Gasteiger charge is 2.45. The van der Waals surface area contributed by atoms with Crippen LogP contribution in [0.3, 0.4) is 0 Å². The Kier molecular flexibility index (Phi) is 3.76. The third kappa shape index (κ3) is 2.03. The second kappa shape index (κ2) is 5.30. The molecule has 0 saturated heterocycles. The van der Waals surface area contributed by atoms with Gasteiger partial charge < -0.3 is 9.88 Å². The molecule has 2 atom stereocenters. The molecule has 1 heterocycles. The van der Waals surface area contributed by atoms with Crippen molar-refractivity contribution in [2.75, 3.05) is 6.54 Å². The molecule has 2 rings (SSSR count). The van der Waals surface area contributed by atoms with Gasteiger partial charge in [0.05, 0.1) is 6.54 Å². The van der Waals surface area contributed by atoms with Gasteiger partial charge in [0, 0.05) is 12.4 Å². The first-order valence-electron chi connectivity index (χ1n) is 6.57. The molecule has 1 saturated carbocycles. The topological polar surface area (TPSA) is 34.0 Å². The van der Waals surface area contributed by atoms with Gasteiger partial charge in [-0.15, -0.1) is 6.42 Å². The molecule has 0 spiro atoms. The lowest BCUT2D eigenvalue weighted by Crippen LogP contribution is -2.54. The van der Waals surface area contributed by atoms with Crippen LogP contribution in [0.5, 0.6) is 0 Å². The van der Waals surface area contributed by atoms with Gasteiger partial charge in [0.15, 0.2) is 0 Å². The predicted molar refractivity (Wildman–Crippen MR) is 71.9 cm³/mol. The van der Waals surface area contributed by atoms with Gasteiger partial charge in [-0.2, -0.15) is 0 Å². The van der Waals surface area contributed by atoms with Crippen molar-refractivity contribution in [3.63, 3.8) is 0 Å². The van der Waals surface area contributed by atoms with E-state index in [1.54, 1.807) is 0 Å². The van der Waals surface area contributed by atoms with E-state index in [0.29, 0.717) is 12.5 Å². The van der Waals surface area contributed by atoms with Crippen molar-refractivity contribution in [1.29, 1.82) is 0 Å². The minimum Gasteiger partial charge on any atom is -0.343 e. The van der Waals surface area contributed by atoms with Crippen LogP contribution < -0.4 is 5.32 Å². The lowest BCUT2D eigenvalue weighted by Gasteiger charge is -2.42. The molecule has 96 valence electrons. The van der Waals surface area contributed by atoms with Crippen molar-refractivity contribution < 1.29 is 4.79 Å². The van der Waals surface area contributed by atoms with Crippen LogP contribution in [0.1, 0.15) is 32.6 Å². The zero-order valence-corrected chi connectivity index (χ0v) is 10.9. The molecule has 1 aromatic heterocycles. The van der Waals surface area contributed by atoms with Crippen molar-refractivity contribution >= 4 is 5.91 Å². The molecule has 0 aliphatic heterocycles. The monoisotopic (exact) mass is 244 g/mol. The quantitative estimate of drug-likeness (QED) is 0.812. The predicted octanol–water partition coefficient (Wildman–Crippen LogP) is 2.14. The largest absolute Gasteiger partial charge is 0.343 e. The molecule has 1 amide bonds. The Hall–Kier alpha value is -1.69. The Morgan fingerprint density at radius 3 is 2.83 bits per heavy atom. The van der Waals surface area contributed by atoms with Gasteiger partial charge in [0.25, 0.3) is 0 Å². The highest BCUT2D eigenvalue weighted by molar-refractivity contribution is 5.85. The van der Waals surface area contributed by atoms with Crippen molar-refractivity contribution in [1.82, 2.24) is 9.88 Å². The average Bonchev–Trinajstić information content (AvgIpc) is 2.91. The number of nitrogens with zero attached hydrogens (tertiary/aromatic N) is 1. The van der Waals surface area contributed by atoms with Crippen LogP contribution >= 0.6 is 0 Å². The fraction of sp³-hybridized carbons (Fsp3) is 0.533. The van der Waals surface area contributed by atoms with E-state index in [1.165, 1.54) is 6.42 Å². The van der Waals surface area contributed by atoms with Crippen molar-refractivity contribution in [3.8, 4) is 12.3 Å². The third-order valence-electron chi connectivity index (χ3n) is 4.07. The van der Waals surface area contributed by atoms with E-state index < -0.39 is 5.54 Å². The molecule has 1 aromatic rings. The summed E-state index contributed by atoms with van der Waals surface area (Å²) in [6.07, 6.45) is 13.5. The Balaban J connectivity index is 2.34. The van der Waals surface area contributed by atoms with Gasteiger partial charge in [-0.05, 0) is 30.9 Å². The number of hydrogen-bond acceptors (Lipinski definition) is 1. The zero-order chi connectivity index (χ0) is 13.0. The fourth-order valence-corrected chi connectivity index (χ4v) is 3.05. The molecular formula is C15H20N2O. The summed E-state index contributed by atoms with van der Waals surface area (Å²) >= 11 is 0. The molecule has 0 bridgehead atoms. The molecule has 1 aliphatic carbocycles. The molecule has 1 fully saturated rings. The van der Waals surface area contributed by atoms with E-state index in [-0.39, 0.29) is 5.91 Å². The van der Waals surface area contributed by atoms with E-state index in [9.17, 15) is 4.79 Å². The molecule has 0 radical (unpaired) electrons. The summed E-state index contributed by atoms with van der Waals surface area (Å²) in [5.74, 6) is 2.86. The molecule has 3 nitrogen and oxygen atoms in total. The summed E-state index contributed by atoms with van der Waals surface area (Å²) < 4.78 is 2.06. The van der Waals surface area contributed by atoms with E-state index in [4.69, 9.17) is 6.42 Å². The van der Waals surface area contributed by atoms with E-state index in [2.05, 4.69) is 22.7 Å². The highest BCUT2D eigenvalue weighted by Crippen LogP contribution is 2.40. The van der Waals surface area contributed by atoms with Crippen LogP contribution in [0.15, 0.2) is 24.5 Å². The summed E-state index contributed by atoms with van der Waals surface area (Å²) in [7, 11) is 0. The smallest absolute Gasteiger partial charge is 0.247 e. The second-order valence-electron chi connectivity index (χ2n) is 5.05. The molecule has 2 unspecified atom stereocenters. The molecular weight excluding hydrogens is 224 g/mol. The van der Waals surface area contributed by atoms with Gasteiger partial charge in [-0.1, -0.05) is 25.7 Å². The summed E-state index contributed by atoms with van der Waals surface area (Å²) in [4.78, 5) is 12.6. The van der Waals surface area contributed by atoms with Crippen LogP contribution in [-0.4, -0.2) is 17.0 Å². The van der Waals surface area contributed by atoms with Gasteiger partial charge >= 0.3 is 0 Å².